The SMILES string of the molecule is CCN(C)c1cn[nH]c1. The Morgan fingerprint density at radius 3 is 3.00 bits per heavy atom. The first-order chi connectivity index (χ1) is 4.34. The Bertz CT molecular complexity index is 157. The largest absolute Gasteiger partial charge is 0.372 e. The highest BCUT2D eigenvalue weighted by Crippen LogP contribution is 2.05. The summed E-state index contributed by atoms with van der Waals surface area (Å²) >= 11 is 0. The lowest BCUT2D eigenvalue weighted by atomic mass is 10.5. The minimum absolute atomic E-state index is 1.01. The molecule has 0 aliphatic carbocycles. The molecule has 3 heteroatoms. The Hall–Kier alpha value is -0.990. The molecule has 0 spiro atoms. The van der Waals surface area contributed by atoms with Gasteiger partial charge in [0.1, 0.15) is 0 Å². The number of rotatable bonds is 2. The summed E-state index contributed by atoms with van der Waals surface area (Å²) in [5.74, 6) is 0. The van der Waals surface area contributed by atoms with E-state index in [1.807, 2.05) is 19.4 Å². The summed E-state index contributed by atoms with van der Waals surface area (Å²) in [6, 6.07) is 0. The zero-order chi connectivity index (χ0) is 6.69. The molecule has 0 unspecified atom stereocenters. The van der Waals surface area contributed by atoms with E-state index in [-0.39, 0.29) is 0 Å². The topological polar surface area (TPSA) is 31.9 Å². The number of nitrogens with zero attached hydrogens (tertiary/aromatic N) is 2. The monoisotopic (exact) mass is 125 g/mol. The van der Waals surface area contributed by atoms with E-state index in [1.54, 1.807) is 0 Å². The molecule has 50 valence electrons. The van der Waals surface area contributed by atoms with E-state index in [4.69, 9.17) is 0 Å². The lowest BCUT2D eigenvalue weighted by Gasteiger charge is -2.12. The third-order valence-corrected chi connectivity index (χ3v) is 1.40. The molecule has 1 aromatic rings. The van der Waals surface area contributed by atoms with E-state index in [1.165, 1.54) is 0 Å². The number of nitrogens with one attached hydrogen (secondary N) is 1. The van der Waals surface area contributed by atoms with Crippen LogP contribution in [0.3, 0.4) is 0 Å². The van der Waals surface area contributed by atoms with Crippen molar-refractivity contribution in [2.75, 3.05) is 18.5 Å². The number of hydrogen-bond acceptors (Lipinski definition) is 2. The number of aromatic nitrogens is 2. The third-order valence-electron chi connectivity index (χ3n) is 1.40. The van der Waals surface area contributed by atoms with Gasteiger partial charge in [-0.15, -0.1) is 0 Å². The van der Waals surface area contributed by atoms with E-state index in [0.29, 0.717) is 0 Å². The highest BCUT2D eigenvalue weighted by molar-refractivity contribution is 5.40. The fraction of sp³-hybridized carbons (Fsp3) is 0.500. The molecule has 0 fully saturated rings. The van der Waals surface area contributed by atoms with Crippen molar-refractivity contribution in [3.05, 3.63) is 12.4 Å². The second-order valence-corrected chi connectivity index (χ2v) is 1.97. The normalized spacial score (nSPS) is 9.56. The van der Waals surface area contributed by atoms with Crippen LogP contribution >= 0.6 is 0 Å². The van der Waals surface area contributed by atoms with E-state index in [2.05, 4.69) is 22.0 Å². The van der Waals surface area contributed by atoms with Gasteiger partial charge in [-0.05, 0) is 6.92 Å². The van der Waals surface area contributed by atoms with Crippen LogP contribution in [-0.2, 0) is 0 Å². The van der Waals surface area contributed by atoms with Crippen LogP contribution in [0.2, 0.25) is 0 Å². The molecule has 0 bridgehead atoms. The van der Waals surface area contributed by atoms with Crippen molar-refractivity contribution in [3.8, 4) is 0 Å². The van der Waals surface area contributed by atoms with E-state index >= 15 is 0 Å². The van der Waals surface area contributed by atoms with Crippen molar-refractivity contribution in [2.45, 2.75) is 6.92 Å². The van der Waals surface area contributed by atoms with Crippen molar-refractivity contribution in [1.82, 2.24) is 10.2 Å². The van der Waals surface area contributed by atoms with Crippen LogP contribution in [0, 0.1) is 0 Å². The van der Waals surface area contributed by atoms with Crippen molar-refractivity contribution in [1.29, 1.82) is 0 Å². The lowest BCUT2D eigenvalue weighted by molar-refractivity contribution is 0.969. The number of H-pyrrole nitrogens is 1. The van der Waals surface area contributed by atoms with Crippen LogP contribution in [0.4, 0.5) is 5.69 Å². The summed E-state index contributed by atoms with van der Waals surface area (Å²) in [7, 11) is 2.03. The molecule has 0 aromatic carbocycles. The molecule has 1 rings (SSSR count). The number of anilines is 1. The Labute approximate surface area is 54.7 Å². The zero-order valence-corrected chi connectivity index (χ0v) is 5.76. The Balaban J connectivity index is 2.65. The van der Waals surface area contributed by atoms with Crippen molar-refractivity contribution >= 4 is 5.69 Å². The molecule has 0 aliphatic rings. The molecule has 0 saturated carbocycles. The van der Waals surface area contributed by atoms with Crippen LogP contribution in [-0.4, -0.2) is 23.8 Å². The Morgan fingerprint density at radius 2 is 2.56 bits per heavy atom. The number of aromatic amines is 1. The van der Waals surface area contributed by atoms with Gasteiger partial charge >= 0.3 is 0 Å². The molecule has 0 aliphatic heterocycles. The first-order valence-corrected chi connectivity index (χ1v) is 3.04. The molecule has 0 radical (unpaired) electrons. The van der Waals surface area contributed by atoms with E-state index < -0.39 is 0 Å². The third kappa shape index (κ3) is 1.22. The first-order valence-electron chi connectivity index (χ1n) is 3.04. The van der Waals surface area contributed by atoms with Crippen molar-refractivity contribution in [2.24, 2.45) is 0 Å². The average molecular weight is 125 g/mol. The molecule has 0 atom stereocenters. The van der Waals surface area contributed by atoms with Crippen LogP contribution in [0.25, 0.3) is 0 Å². The first kappa shape index (κ1) is 6.13. The van der Waals surface area contributed by atoms with Crippen LogP contribution in [0.1, 0.15) is 6.92 Å². The summed E-state index contributed by atoms with van der Waals surface area (Å²) in [5, 5.41) is 6.58. The molecule has 1 N–H and O–H groups in total. The predicted molar refractivity (Wildman–Crippen MR) is 37.5 cm³/mol. The fourth-order valence-electron chi connectivity index (χ4n) is 0.635. The van der Waals surface area contributed by atoms with Gasteiger partial charge in [0.25, 0.3) is 0 Å². The van der Waals surface area contributed by atoms with Gasteiger partial charge in [-0.2, -0.15) is 5.10 Å². The zero-order valence-electron chi connectivity index (χ0n) is 5.76. The maximum absolute atomic E-state index is 3.82. The smallest absolute Gasteiger partial charge is 0.0747 e. The highest BCUT2D eigenvalue weighted by atomic mass is 15.2. The maximum Gasteiger partial charge on any atom is 0.0747 e. The Morgan fingerprint density at radius 1 is 1.78 bits per heavy atom. The van der Waals surface area contributed by atoms with Crippen molar-refractivity contribution < 1.29 is 0 Å². The number of hydrogen-bond donors (Lipinski definition) is 1. The van der Waals surface area contributed by atoms with Crippen LogP contribution in [0.5, 0.6) is 0 Å². The highest BCUT2D eigenvalue weighted by Gasteiger charge is 1.95. The predicted octanol–water partition coefficient (Wildman–Crippen LogP) is 0.866. The van der Waals surface area contributed by atoms with Crippen LogP contribution < -0.4 is 4.90 Å². The van der Waals surface area contributed by atoms with Gasteiger partial charge in [-0.1, -0.05) is 0 Å². The summed E-state index contributed by atoms with van der Waals surface area (Å²) in [6.07, 6.45) is 3.69. The summed E-state index contributed by atoms with van der Waals surface area (Å²) in [6.45, 7) is 3.12. The molecular weight excluding hydrogens is 114 g/mol. The van der Waals surface area contributed by atoms with Gasteiger partial charge in [-0.3, -0.25) is 5.10 Å². The standard InChI is InChI=1S/C6H11N3/c1-3-9(2)6-4-7-8-5-6/h4-5H,3H2,1-2H3,(H,7,8). The lowest BCUT2D eigenvalue weighted by Crippen LogP contribution is -2.14. The second-order valence-electron chi connectivity index (χ2n) is 1.97. The second kappa shape index (κ2) is 2.53. The average Bonchev–Trinajstić information content (AvgIpc) is 2.37. The van der Waals surface area contributed by atoms with Gasteiger partial charge in [0.15, 0.2) is 0 Å². The summed E-state index contributed by atoms with van der Waals surface area (Å²) in [4.78, 5) is 2.11. The fourth-order valence-corrected chi connectivity index (χ4v) is 0.635. The molecule has 0 amide bonds. The van der Waals surface area contributed by atoms with E-state index in [9.17, 15) is 0 Å². The summed E-state index contributed by atoms with van der Waals surface area (Å²) in [5.41, 5.74) is 1.14. The molecule has 1 heterocycles. The molecular formula is C6H11N3. The van der Waals surface area contributed by atoms with Gasteiger partial charge in [0, 0.05) is 19.8 Å². The van der Waals surface area contributed by atoms with Crippen LogP contribution in [0.15, 0.2) is 12.4 Å². The molecule has 9 heavy (non-hydrogen) atoms. The van der Waals surface area contributed by atoms with Crippen molar-refractivity contribution in [3.63, 3.8) is 0 Å². The minimum Gasteiger partial charge on any atom is -0.372 e. The molecule has 0 saturated heterocycles. The Kier molecular flexibility index (Phi) is 1.72. The van der Waals surface area contributed by atoms with Gasteiger partial charge in [0.05, 0.1) is 11.9 Å². The van der Waals surface area contributed by atoms with Gasteiger partial charge in [0.2, 0.25) is 0 Å². The molecule has 1 aromatic heterocycles. The summed E-state index contributed by atoms with van der Waals surface area (Å²) < 4.78 is 0. The quantitative estimate of drug-likeness (QED) is 0.636. The minimum atomic E-state index is 1.01. The van der Waals surface area contributed by atoms with Gasteiger partial charge in [-0.25, -0.2) is 0 Å². The molecule has 3 nitrogen and oxygen atoms in total. The maximum atomic E-state index is 3.82. The van der Waals surface area contributed by atoms with E-state index in [0.717, 1.165) is 12.2 Å². The van der Waals surface area contributed by atoms with Gasteiger partial charge < -0.3 is 4.90 Å².